The van der Waals surface area contributed by atoms with Gasteiger partial charge in [-0.3, -0.25) is 0 Å². The third kappa shape index (κ3) is 8.06. The predicted octanol–water partition coefficient (Wildman–Crippen LogP) is 12.6. The minimum Gasteiger partial charge on any atom is -0.507 e. The molecule has 0 radical (unpaired) electrons. The first-order valence-corrected chi connectivity index (χ1v) is 19.4. The monoisotopic (exact) mass is 598 g/mol. The molecule has 2 aromatic carbocycles. The number of rotatable bonds is 11. The minimum atomic E-state index is 0.563. The fourth-order valence-electron chi connectivity index (χ4n) is 9.69. The summed E-state index contributed by atoms with van der Waals surface area (Å²) in [4.78, 5) is 0. The van der Waals surface area contributed by atoms with Crippen LogP contribution in [0.4, 0.5) is 0 Å². The van der Waals surface area contributed by atoms with Crippen LogP contribution in [0.3, 0.4) is 0 Å². The van der Waals surface area contributed by atoms with Crippen LogP contribution >= 0.6 is 0 Å². The largest absolute Gasteiger partial charge is 0.507 e. The van der Waals surface area contributed by atoms with Crippen LogP contribution in [-0.4, -0.2) is 10.2 Å². The first-order valence-electron chi connectivity index (χ1n) is 19.4. The van der Waals surface area contributed by atoms with Crippen molar-refractivity contribution in [1.29, 1.82) is 0 Å². The van der Waals surface area contributed by atoms with E-state index in [0.29, 0.717) is 35.2 Å². The molecule has 4 aliphatic carbocycles. The lowest BCUT2D eigenvalue weighted by molar-refractivity contribution is 0.392. The van der Waals surface area contributed by atoms with Gasteiger partial charge in [0.1, 0.15) is 11.5 Å². The summed E-state index contributed by atoms with van der Waals surface area (Å²) >= 11 is 0. The molecule has 0 amide bonds. The van der Waals surface area contributed by atoms with Crippen molar-refractivity contribution in [2.45, 2.75) is 191 Å². The number of unbranched alkanes of at least 4 members (excludes halogenated alkanes) is 3. The quantitative estimate of drug-likeness (QED) is 0.253. The zero-order chi connectivity index (χ0) is 30.1. The van der Waals surface area contributed by atoms with E-state index in [9.17, 15) is 10.2 Å². The van der Waals surface area contributed by atoms with Crippen LogP contribution in [-0.2, 0) is 12.8 Å². The Kier molecular flexibility index (Phi) is 11.7. The van der Waals surface area contributed by atoms with Gasteiger partial charge in [0, 0.05) is 0 Å². The molecule has 2 heteroatoms. The fourth-order valence-corrected chi connectivity index (χ4v) is 9.69. The zero-order valence-electron chi connectivity index (χ0n) is 27.9. The molecule has 0 bridgehead atoms. The highest BCUT2D eigenvalue weighted by Crippen LogP contribution is 2.46. The number of hydrogen-bond acceptors (Lipinski definition) is 2. The molecule has 4 fully saturated rings. The molecule has 242 valence electrons. The van der Waals surface area contributed by atoms with Crippen LogP contribution in [0, 0.1) is 0 Å². The normalized spacial score (nSPS) is 21.5. The van der Waals surface area contributed by atoms with E-state index in [1.807, 2.05) is 0 Å². The van der Waals surface area contributed by atoms with Gasteiger partial charge in [0.05, 0.1) is 0 Å². The summed E-state index contributed by atoms with van der Waals surface area (Å²) in [5.74, 6) is 3.59. The molecule has 0 spiro atoms. The van der Waals surface area contributed by atoms with Gasteiger partial charge >= 0.3 is 0 Å². The summed E-state index contributed by atoms with van der Waals surface area (Å²) in [5.41, 5.74) is 8.12. The predicted molar refractivity (Wildman–Crippen MR) is 185 cm³/mol. The molecule has 0 saturated heterocycles. The van der Waals surface area contributed by atoms with E-state index in [1.54, 1.807) is 0 Å². The Bertz CT molecular complexity index is 1000. The van der Waals surface area contributed by atoms with Gasteiger partial charge in [-0.25, -0.2) is 0 Å². The van der Waals surface area contributed by atoms with Crippen LogP contribution in [0.25, 0.3) is 0 Å². The number of phenolic OH excluding ortho intramolecular Hbond substituents is 2. The lowest BCUT2D eigenvalue weighted by atomic mass is 9.78. The average molecular weight is 599 g/mol. The van der Waals surface area contributed by atoms with Gasteiger partial charge in [-0.05, 0) is 134 Å². The molecule has 6 rings (SSSR count). The van der Waals surface area contributed by atoms with Crippen molar-refractivity contribution < 1.29 is 10.2 Å². The first kappa shape index (κ1) is 32.0. The molecular formula is C42H62O2. The van der Waals surface area contributed by atoms with E-state index in [-0.39, 0.29) is 0 Å². The molecule has 0 heterocycles. The van der Waals surface area contributed by atoms with Gasteiger partial charge in [0.2, 0.25) is 0 Å². The summed E-state index contributed by atoms with van der Waals surface area (Å²) in [6, 6.07) is 9.64. The second-order valence-corrected chi connectivity index (χ2v) is 15.5. The van der Waals surface area contributed by atoms with E-state index in [1.165, 1.54) is 187 Å². The number of hydrogen-bond donors (Lipinski definition) is 2. The highest BCUT2D eigenvalue weighted by Gasteiger charge is 2.27. The smallest absolute Gasteiger partial charge is 0.122 e. The highest BCUT2D eigenvalue weighted by atomic mass is 16.3. The molecule has 4 saturated carbocycles. The Labute approximate surface area is 269 Å². The number of benzene rings is 2. The van der Waals surface area contributed by atoms with E-state index >= 15 is 0 Å². The maximum atomic E-state index is 11.5. The van der Waals surface area contributed by atoms with Crippen LogP contribution < -0.4 is 0 Å². The van der Waals surface area contributed by atoms with Crippen molar-refractivity contribution in [1.82, 2.24) is 0 Å². The van der Waals surface area contributed by atoms with Crippen molar-refractivity contribution in [3.63, 3.8) is 0 Å². The maximum absolute atomic E-state index is 11.5. The molecule has 0 aromatic heterocycles. The molecular weight excluding hydrogens is 536 g/mol. The van der Waals surface area contributed by atoms with Crippen LogP contribution in [0.5, 0.6) is 11.5 Å². The van der Waals surface area contributed by atoms with Crippen molar-refractivity contribution in [3.8, 4) is 11.5 Å². The number of phenols is 2. The Morgan fingerprint density at radius 1 is 0.364 bits per heavy atom. The van der Waals surface area contributed by atoms with Gasteiger partial charge in [-0.2, -0.15) is 0 Å². The third-order valence-electron chi connectivity index (χ3n) is 12.3. The molecule has 2 aromatic rings. The molecule has 0 atom stereocenters. The van der Waals surface area contributed by atoms with E-state index in [0.717, 1.165) is 12.8 Å². The summed E-state index contributed by atoms with van der Waals surface area (Å²) in [5, 5.41) is 22.9. The average Bonchev–Trinajstić information content (AvgIpc) is 3.09. The summed E-state index contributed by atoms with van der Waals surface area (Å²) in [6.07, 6.45) is 33.4. The van der Waals surface area contributed by atoms with Crippen LogP contribution in [0.15, 0.2) is 24.3 Å². The molecule has 4 aliphatic rings. The van der Waals surface area contributed by atoms with Gasteiger partial charge in [0.25, 0.3) is 0 Å². The third-order valence-corrected chi connectivity index (χ3v) is 12.3. The van der Waals surface area contributed by atoms with E-state index in [2.05, 4.69) is 24.3 Å². The minimum absolute atomic E-state index is 0.563. The second-order valence-electron chi connectivity index (χ2n) is 15.5. The zero-order valence-corrected chi connectivity index (χ0v) is 27.9. The SMILES string of the molecule is Oc1c(C2CCCCC2)cc(CCCCCCc2cc(C3CCCCC3)c(O)c(C3CCCCC3)c2)cc1C1CCCCC1. The molecule has 2 nitrogen and oxygen atoms in total. The topological polar surface area (TPSA) is 40.5 Å². The fraction of sp³-hybridized carbons (Fsp3) is 0.714. The Hall–Kier alpha value is -1.96. The Morgan fingerprint density at radius 3 is 0.864 bits per heavy atom. The van der Waals surface area contributed by atoms with Gasteiger partial charge < -0.3 is 10.2 Å². The molecule has 0 unspecified atom stereocenters. The first-order chi connectivity index (χ1) is 21.7. The highest BCUT2D eigenvalue weighted by molar-refractivity contribution is 5.49. The van der Waals surface area contributed by atoms with Crippen molar-refractivity contribution in [3.05, 3.63) is 57.6 Å². The van der Waals surface area contributed by atoms with Crippen molar-refractivity contribution >= 4 is 0 Å². The maximum Gasteiger partial charge on any atom is 0.122 e. The second kappa shape index (κ2) is 16.0. The van der Waals surface area contributed by atoms with Gasteiger partial charge in [-0.15, -0.1) is 0 Å². The van der Waals surface area contributed by atoms with E-state index in [4.69, 9.17) is 0 Å². The number of aryl methyl sites for hydroxylation is 2. The summed E-state index contributed by atoms with van der Waals surface area (Å²) in [7, 11) is 0. The summed E-state index contributed by atoms with van der Waals surface area (Å²) in [6.45, 7) is 0. The molecule has 0 aliphatic heterocycles. The lowest BCUT2D eigenvalue weighted by Crippen LogP contribution is -2.10. The number of aromatic hydroxyl groups is 2. The van der Waals surface area contributed by atoms with E-state index < -0.39 is 0 Å². The van der Waals surface area contributed by atoms with Crippen LogP contribution in [0.2, 0.25) is 0 Å². The molecule has 2 N–H and O–H groups in total. The summed E-state index contributed by atoms with van der Waals surface area (Å²) < 4.78 is 0. The standard InChI is InChI=1S/C42H62O2/c43-41-37(33-19-9-3-10-20-33)27-31(28-38(41)34-21-11-4-12-22-34)17-7-1-2-8-18-32-29-39(35-23-13-5-14-24-35)42(44)40(30-32)36-25-15-6-16-26-36/h27-30,33-36,43-44H,1-26H2. The van der Waals surface area contributed by atoms with Gasteiger partial charge in [-0.1, -0.05) is 114 Å². The Morgan fingerprint density at radius 2 is 0.614 bits per heavy atom. The van der Waals surface area contributed by atoms with Crippen molar-refractivity contribution in [2.24, 2.45) is 0 Å². The molecule has 44 heavy (non-hydrogen) atoms. The van der Waals surface area contributed by atoms with Crippen LogP contribution in [0.1, 0.15) is 211 Å². The van der Waals surface area contributed by atoms with Crippen molar-refractivity contribution in [2.75, 3.05) is 0 Å². The lowest BCUT2D eigenvalue weighted by Gasteiger charge is -2.28. The Balaban J connectivity index is 1.07. The van der Waals surface area contributed by atoms with Gasteiger partial charge in [0.15, 0.2) is 0 Å².